The average Bonchev–Trinajstić information content (AvgIpc) is 2.97. The normalized spacial score (nSPS) is 18.7. The summed E-state index contributed by atoms with van der Waals surface area (Å²) in [6, 6.07) is 9.96. The second kappa shape index (κ2) is 11.7. The van der Waals surface area contributed by atoms with Gasteiger partial charge in [0, 0.05) is 43.4 Å². The van der Waals surface area contributed by atoms with Crippen molar-refractivity contribution in [2.45, 2.75) is 37.8 Å². The minimum Gasteiger partial charge on any atom is -0.502 e. The summed E-state index contributed by atoms with van der Waals surface area (Å²) in [5.41, 5.74) is 0.919. The van der Waals surface area contributed by atoms with Gasteiger partial charge >= 0.3 is 5.97 Å². The highest BCUT2D eigenvalue weighted by Crippen LogP contribution is 2.43. The molecule has 11 nitrogen and oxygen atoms in total. The van der Waals surface area contributed by atoms with Crippen LogP contribution >= 0.6 is 0 Å². The SMILES string of the molecule is COC(=O)C[C@H](c1cc(OC)c(OC)c(OC)c1)c1oc(CN2C[C@@H]3C[C@H](C2)c2cccc(=O)n2C3)cc(=O)c1O. The molecule has 41 heavy (non-hydrogen) atoms. The number of ether oxygens (including phenoxy) is 4. The summed E-state index contributed by atoms with van der Waals surface area (Å²) in [6.45, 7) is 2.40. The number of aromatic nitrogens is 1. The smallest absolute Gasteiger partial charge is 0.306 e. The molecular formula is C30H34N2O9. The number of pyridine rings is 1. The van der Waals surface area contributed by atoms with Crippen LogP contribution in [0.15, 0.2) is 50.4 Å². The molecular weight excluding hydrogens is 532 g/mol. The van der Waals surface area contributed by atoms with Gasteiger partial charge in [0.15, 0.2) is 17.3 Å². The van der Waals surface area contributed by atoms with Gasteiger partial charge in [-0.25, -0.2) is 0 Å². The highest BCUT2D eigenvalue weighted by atomic mass is 16.5. The molecule has 0 aliphatic carbocycles. The Balaban J connectivity index is 1.50. The van der Waals surface area contributed by atoms with Gasteiger partial charge in [0.1, 0.15) is 5.76 Å². The average molecular weight is 567 g/mol. The number of hydrogen-bond donors (Lipinski definition) is 1. The number of rotatable bonds is 9. The summed E-state index contributed by atoms with van der Waals surface area (Å²) in [5.74, 6) is -0.214. The van der Waals surface area contributed by atoms with Gasteiger partial charge < -0.3 is 33.0 Å². The van der Waals surface area contributed by atoms with Gasteiger partial charge in [0.05, 0.1) is 47.3 Å². The fourth-order valence-corrected chi connectivity index (χ4v) is 6.13. The highest BCUT2D eigenvalue weighted by molar-refractivity contribution is 5.71. The number of aromatic hydroxyl groups is 1. The third-order valence-electron chi connectivity index (χ3n) is 7.94. The van der Waals surface area contributed by atoms with Crippen molar-refractivity contribution in [3.05, 3.63) is 79.8 Å². The van der Waals surface area contributed by atoms with Crippen molar-refractivity contribution in [2.75, 3.05) is 41.5 Å². The van der Waals surface area contributed by atoms with E-state index in [0.717, 1.165) is 18.7 Å². The summed E-state index contributed by atoms with van der Waals surface area (Å²) in [5, 5.41) is 10.9. The van der Waals surface area contributed by atoms with E-state index in [2.05, 4.69) is 4.90 Å². The van der Waals surface area contributed by atoms with E-state index in [1.165, 1.54) is 34.5 Å². The van der Waals surface area contributed by atoms with Crippen LogP contribution in [0.2, 0.25) is 0 Å². The second-order valence-corrected chi connectivity index (χ2v) is 10.5. The predicted molar refractivity (Wildman–Crippen MR) is 148 cm³/mol. The molecule has 3 aromatic rings. The van der Waals surface area contributed by atoms with Gasteiger partial charge in [-0.05, 0) is 36.1 Å². The van der Waals surface area contributed by atoms with Crippen molar-refractivity contribution in [1.29, 1.82) is 0 Å². The number of hydrogen-bond acceptors (Lipinski definition) is 10. The maximum absolute atomic E-state index is 13.0. The number of benzene rings is 1. The van der Waals surface area contributed by atoms with Crippen molar-refractivity contribution < 1.29 is 33.3 Å². The van der Waals surface area contributed by atoms with Crippen LogP contribution in [-0.2, 0) is 22.6 Å². The first kappa shape index (κ1) is 28.3. The van der Waals surface area contributed by atoms with Crippen molar-refractivity contribution in [3.63, 3.8) is 0 Å². The lowest BCUT2D eigenvalue weighted by molar-refractivity contribution is -0.140. The molecule has 11 heteroatoms. The van der Waals surface area contributed by atoms with Crippen molar-refractivity contribution >= 4 is 5.97 Å². The van der Waals surface area contributed by atoms with E-state index in [-0.39, 0.29) is 29.6 Å². The van der Waals surface area contributed by atoms with Crippen LogP contribution in [0.4, 0.5) is 0 Å². The number of likely N-dealkylation sites (tertiary alicyclic amines) is 1. The lowest BCUT2D eigenvalue weighted by Crippen LogP contribution is -2.46. The minimum atomic E-state index is -0.886. The zero-order valence-electron chi connectivity index (χ0n) is 23.5. The number of piperidine rings is 1. The largest absolute Gasteiger partial charge is 0.502 e. The molecule has 0 unspecified atom stereocenters. The Morgan fingerprint density at radius 1 is 1.02 bits per heavy atom. The molecule has 1 aromatic carbocycles. The molecule has 2 aromatic heterocycles. The van der Waals surface area contributed by atoms with Crippen molar-refractivity contribution in [3.8, 4) is 23.0 Å². The Morgan fingerprint density at radius 3 is 2.41 bits per heavy atom. The van der Waals surface area contributed by atoms with Crippen LogP contribution in [-0.4, -0.2) is 62.1 Å². The fraction of sp³-hybridized carbons (Fsp3) is 0.433. The molecule has 5 rings (SSSR count). The first-order chi connectivity index (χ1) is 19.8. The summed E-state index contributed by atoms with van der Waals surface area (Å²) in [7, 11) is 5.68. The Hall–Kier alpha value is -4.25. The zero-order valence-corrected chi connectivity index (χ0v) is 23.5. The molecule has 0 amide bonds. The number of carbonyl (C=O) groups excluding carboxylic acids is 1. The summed E-state index contributed by atoms with van der Waals surface area (Å²) >= 11 is 0. The van der Waals surface area contributed by atoms with Crippen molar-refractivity contribution in [2.24, 2.45) is 5.92 Å². The maximum atomic E-state index is 13.0. The van der Waals surface area contributed by atoms with E-state index in [9.17, 15) is 19.5 Å². The molecule has 3 atom stereocenters. The number of esters is 1. The van der Waals surface area contributed by atoms with E-state index in [4.69, 9.17) is 23.4 Å². The number of nitrogens with zero attached hydrogens (tertiary/aromatic N) is 2. The van der Waals surface area contributed by atoms with Crippen LogP contribution in [0, 0.1) is 5.92 Å². The lowest BCUT2D eigenvalue weighted by Gasteiger charge is -2.42. The topological polar surface area (TPSA) is 130 Å². The molecule has 0 spiro atoms. The third kappa shape index (κ3) is 5.54. The van der Waals surface area contributed by atoms with E-state index in [1.54, 1.807) is 24.3 Å². The van der Waals surface area contributed by atoms with Gasteiger partial charge in [-0.1, -0.05) is 6.07 Å². The Bertz CT molecular complexity index is 1540. The van der Waals surface area contributed by atoms with E-state index < -0.39 is 23.1 Å². The molecule has 0 saturated carbocycles. The first-order valence-electron chi connectivity index (χ1n) is 13.4. The molecule has 2 bridgehead atoms. The molecule has 1 fully saturated rings. The quantitative estimate of drug-likeness (QED) is 0.386. The molecule has 218 valence electrons. The van der Waals surface area contributed by atoms with E-state index in [1.807, 2.05) is 10.6 Å². The molecule has 2 aliphatic heterocycles. The highest BCUT2D eigenvalue weighted by Gasteiger charge is 2.35. The zero-order chi connectivity index (χ0) is 29.3. The van der Waals surface area contributed by atoms with Gasteiger partial charge in [0.2, 0.25) is 16.9 Å². The van der Waals surface area contributed by atoms with Crippen LogP contribution in [0.3, 0.4) is 0 Å². The monoisotopic (exact) mass is 566 g/mol. The number of fused-ring (bicyclic) bond motifs is 4. The third-order valence-corrected chi connectivity index (χ3v) is 7.94. The summed E-state index contributed by atoms with van der Waals surface area (Å²) in [4.78, 5) is 40.1. The van der Waals surface area contributed by atoms with E-state index in [0.29, 0.717) is 48.2 Å². The lowest BCUT2D eigenvalue weighted by atomic mass is 9.83. The standard InChI is InChI=1S/C30H34N2O9/c1-37-24-9-18(10-25(38-2)30(24)40-4)21(12-27(35)39-3)29-28(36)23(33)11-20(41-29)16-31-13-17-8-19(15-31)22-6-5-7-26(34)32(22)14-17/h5-7,9-11,17,19,21,36H,8,12-16H2,1-4H3/t17-,19+,21+/m0/s1. The number of carbonyl (C=O) groups is 1. The van der Waals surface area contributed by atoms with Crippen LogP contribution in [0.1, 0.15) is 47.5 Å². The molecule has 2 aliphatic rings. The van der Waals surface area contributed by atoms with Gasteiger partial charge in [0.25, 0.3) is 5.56 Å². The van der Waals surface area contributed by atoms with Crippen LogP contribution in [0.5, 0.6) is 23.0 Å². The summed E-state index contributed by atoms with van der Waals surface area (Å²) in [6.07, 6.45) is 0.779. The van der Waals surface area contributed by atoms with Gasteiger partial charge in [-0.3, -0.25) is 19.3 Å². The van der Waals surface area contributed by atoms with Gasteiger partial charge in [-0.15, -0.1) is 0 Å². The maximum Gasteiger partial charge on any atom is 0.306 e. The Labute approximate surface area is 236 Å². The van der Waals surface area contributed by atoms with Crippen molar-refractivity contribution in [1.82, 2.24) is 9.47 Å². The minimum absolute atomic E-state index is 0.0169. The molecule has 1 N–H and O–H groups in total. The van der Waals surface area contributed by atoms with Crippen LogP contribution in [0.25, 0.3) is 0 Å². The van der Waals surface area contributed by atoms with Crippen LogP contribution < -0.4 is 25.2 Å². The molecule has 1 saturated heterocycles. The molecule has 0 radical (unpaired) electrons. The fourth-order valence-electron chi connectivity index (χ4n) is 6.13. The number of methoxy groups -OCH3 is 4. The molecule has 4 heterocycles. The van der Waals surface area contributed by atoms with Gasteiger partial charge in [-0.2, -0.15) is 0 Å². The van der Waals surface area contributed by atoms with E-state index >= 15 is 0 Å². The Morgan fingerprint density at radius 2 is 1.76 bits per heavy atom. The summed E-state index contributed by atoms with van der Waals surface area (Å²) < 4.78 is 29.4. The second-order valence-electron chi connectivity index (χ2n) is 10.5. The first-order valence-corrected chi connectivity index (χ1v) is 13.4. The Kier molecular flexibility index (Phi) is 8.07. The predicted octanol–water partition coefficient (Wildman–Crippen LogP) is 2.85.